The maximum Gasteiger partial charge on any atom is 0.237 e. The molecular weight excluding hydrogens is 412 g/mol. The van der Waals surface area contributed by atoms with Gasteiger partial charge in [0.2, 0.25) is 5.91 Å². The molecule has 0 saturated carbocycles. The molecule has 1 N–H and O–H groups in total. The summed E-state index contributed by atoms with van der Waals surface area (Å²) in [5, 5.41) is 12.1. The highest BCUT2D eigenvalue weighted by Crippen LogP contribution is 2.34. The highest BCUT2D eigenvalue weighted by atomic mass is 32.1. The van der Waals surface area contributed by atoms with E-state index in [1.54, 1.807) is 18.3 Å². The number of aliphatic hydroxyl groups is 1. The summed E-state index contributed by atoms with van der Waals surface area (Å²) in [4.78, 5) is 18.8. The fourth-order valence-electron chi connectivity index (χ4n) is 4.50. The van der Waals surface area contributed by atoms with E-state index in [2.05, 4.69) is 11.4 Å². The second-order valence-corrected chi connectivity index (χ2v) is 9.45. The molecule has 1 aromatic heterocycles. The highest BCUT2D eigenvalue weighted by Gasteiger charge is 2.33. The summed E-state index contributed by atoms with van der Waals surface area (Å²) in [6.45, 7) is 5.11. The standard InChI is InChI=1S/C24H32N2O4S/c1-18(27)14-25(15-20-8-5-12-29-20)16-24(28)26-11-9-23-21(10-13-31-23)22(26)17-30-19-6-3-2-4-7-19/h2-4,6-7,10,13,18,20,22,27H,5,8-9,11-12,14-17H2,1H3/t18-,20-,22-/m0/s1. The number of carbonyl (C=O) groups is 1. The molecule has 1 fully saturated rings. The molecule has 0 radical (unpaired) electrons. The average molecular weight is 445 g/mol. The number of para-hydroxylation sites is 1. The first-order valence-corrected chi connectivity index (χ1v) is 12.0. The number of thiophene rings is 1. The Bertz CT molecular complexity index is 835. The molecule has 1 aromatic carbocycles. The summed E-state index contributed by atoms with van der Waals surface area (Å²) in [5.41, 5.74) is 1.20. The lowest BCUT2D eigenvalue weighted by atomic mass is 10.0. The second-order valence-electron chi connectivity index (χ2n) is 8.45. The van der Waals surface area contributed by atoms with Crippen molar-refractivity contribution in [2.75, 3.05) is 39.4 Å². The molecule has 168 valence electrons. The smallest absolute Gasteiger partial charge is 0.237 e. The number of hydrogen-bond donors (Lipinski definition) is 1. The molecule has 2 aromatic rings. The molecule has 3 heterocycles. The number of amides is 1. The lowest BCUT2D eigenvalue weighted by Gasteiger charge is -2.37. The van der Waals surface area contributed by atoms with Crippen molar-refractivity contribution < 1.29 is 19.4 Å². The lowest BCUT2D eigenvalue weighted by molar-refractivity contribution is -0.136. The quantitative estimate of drug-likeness (QED) is 0.644. The van der Waals surface area contributed by atoms with Crippen molar-refractivity contribution in [1.29, 1.82) is 0 Å². The zero-order valence-electron chi connectivity index (χ0n) is 18.1. The summed E-state index contributed by atoms with van der Waals surface area (Å²) in [6, 6.07) is 11.8. The van der Waals surface area contributed by atoms with Crippen molar-refractivity contribution in [2.45, 2.75) is 44.4 Å². The summed E-state index contributed by atoms with van der Waals surface area (Å²) in [7, 11) is 0. The molecule has 31 heavy (non-hydrogen) atoms. The Balaban J connectivity index is 1.45. The monoisotopic (exact) mass is 444 g/mol. The SMILES string of the molecule is C[C@H](O)CN(CC(=O)N1CCc2sccc2[C@@H]1COc1ccccc1)C[C@@H]1CCCO1. The van der Waals surface area contributed by atoms with Crippen LogP contribution in [0.25, 0.3) is 0 Å². The summed E-state index contributed by atoms with van der Waals surface area (Å²) in [5.74, 6) is 0.892. The van der Waals surface area contributed by atoms with Crippen molar-refractivity contribution in [1.82, 2.24) is 9.80 Å². The van der Waals surface area contributed by atoms with Gasteiger partial charge in [-0.3, -0.25) is 9.69 Å². The largest absolute Gasteiger partial charge is 0.491 e. The Morgan fingerprint density at radius 1 is 1.35 bits per heavy atom. The van der Waals surface area contributed by atoms with Crippen LogP contribution in [-0.2, 0) is 16.0 Å². The molecule has 1 saturated heterocycles. The van der Waals surface area contributed by atoms with Gasteiger partial charge in [0.1, 0.15) is 12.4 Å². The normalized spacial score (nSPS) is 21.8. The van der Waals surface area contributed by atoms with E-state index in [0.717, 1.165) is 31.6 Å². The molecule has 6 nitrogen and oxygen atoms in total. The first-order chi connectivity index (χ1) is 15.1. The van der Waals surface area contributed by atoms with Gasteiger partial charge < -0.3 is 19.5 Å². The Morgan fingerprint density at radius 2 is 2.19 bits per heavy atom. The van der Waals surface area contributed by atoms with Crippen LogP contribution in [0.1, 0.15) is 36.2 Å². The van der Waals surface area contributed by atoms with Crippen molar-refractivity contribution in [3.63, 3.8) is 0 Å². The molecular formula is C24H32N2O4S. The van der Waals surface area contributed by atoms with Gasteiger partial charge in [-0.1, -0.05) is 18.2 Å². The number of benzene rings is 1. The fourth-order valence-corrected chi connectivity index (χ4v) is 5.43. The molecule has 2 aliphatic heterocycles. The molecule has 0 unspecified atom stereocenters. The van der Waals surface area contributed by atoms with Crippen LogP contribution >= 0.6 is 11.3 Å². The maximum absolute atomic E-state index is 13.4. The Kier molecular flexibility index (Phi) is 7.61. The van der Waals surface area contributed by atoms with Gasteiger partial charge in [-0.2, -0.15) is 0 Å². The molecule has 1 amide bonds. The third-order valence-electron chi connectivity index (χ3n) is 5.93. The second kappa shape index (κ2) is 10.6. The molecule has 0 spiro atoms. The molecule has 7 heteroatoms. The maximum atomic E-state index is 13.4. The predicted molar refractivity (Wildman–Crippen MR) is 122 cm³/mol. The van der Waals surface area contributed by atoms with Crippen LogP contribution in [0.15, 0.2) is 41.8 Å². The zero-order valence-corrected chi connectivity index (χ0v) is 18.9. The summed E-state index contributed by atoms with van der Waals surface area (Å²) in [6.07, 6.45) is 2.61. The van der Waals surface area contributed by atoms with E-state index in [0.29, 0.717) is 26.2 Å². The van der Waals surface area contributed by atoms with Gasteiger partial charge in [0.15, 0.2) is 0 Å². The summed E-state index contributed by atoms with van der Waals surface area (Å²) < 4.78 is 11.8. The lowest BCUT2D eigenvalue weighted by Crippen LogP contribution is -2.48. The van der Waals surface area contributed by atoms with Gasteiger partial charge >= 0.3 is 0 Å². The molecule has 3 atom stereocenters. The van der Waals surface area contributed by atoms with Crippen LogP contribution in [0.5, 0.6) is 5.75 Å². The predicted octanol–water partition coefficient (Wildman–Crippen LogP) is 3.11. The van der Waals surface area contributed by atoms with Gasteiger partial charge in [0, 0.05) is 31.1 Å². The van der Waals surface area contributed by atoms with E-state index >= 15 is 0 Å². The van der Waals surface area contributed by atoms with E-state index in [4.69, 9.17) is 9.47 Å². The zero-order chi connectivity index (χ0) is 21.6. The van der Waals surface area contributed by atoms with Crippen LogP contribution in [0.3, 0.4) is 0 Å². The third kappa shape index (κ3) is 5.86. The van der Waals surface area contributed by atoms with Gasteiger partial charge in [-0.15, -0.1) is 11.3 Å². The molecule has 2 aliphatic rings. The number of ether oxygens (including phenoxy) is 2. The number of carbonyl (C=O) groups excluding carboxylic acids is 1. The molecule has 0 bridgehead atoms. The number of aliphatic hydroxyl groups excluding tert-OH is 1. The van der Waals surface area contributed by atoms with Crippen LogP contribution in [0.2, 0.25) is 0 Å². The number of nitrogens with zero attached hydrogens (tertiary/aromatic N) is 2. The Morgan fingerprint density at radius 3 is 2.94 bits per heavy atom. The Hall–Kier alpha value is -1.93. The van der Waals surface area contributed by atoms with Crippen molar-refractivity contribution in [2.24, 2.45) is 0 Å². The van der Waals surface area contributed by atoms with Gasteiger partial charge in [0.25, 0.3) is 0 Å². The van der Waals surface area contributed by atoms with E-state index in [1.165, 1.54) is 10.4 Å². The van der Waals surface area contributed by atoms with Crippen molar-refractivity contribution >= 4 is 17.2 Å². The number of rotatable bonds is 9. The number of fused-ring (bicyclic) bond motifs is 1. The van der Waals surface area contributed by atoms with E-state index in [1.807, 2.05) is 40.1 Å². The first-order valence-electron chi connectivity index (χ1n) is 11.2. The average Bonchev–Trinajstić information content (AvgIpc) is 3.44. The fraction of sp³-hybridized carbons (Fsp3) is 0.542. The number of hydrogen-bond acceptors (Lipinski definition) is 6. The van der Waals surface area contributed by atoms with Crippen molar-refractivity contribution in [3.05, 3.63) is 52.2 Å². The summed E-state index contributed by atoms with van der Waals surface area (Å²) >= 11 is 1.75. The van der Waals surface area contributed by atoms with Crippen molar-refractivity contribution in [3.8, 4) is 5.75 Å². The molecule has 0 aliphatic carbocycles. The van der Waals surface area contributed by atoms with E-state index < -0.39 is 6.10 Å². The van der Waals surface area contributed by atoms with Gasteiger partial charge in [0.05, 0.1) is 24.8 Å². The molecule has 4 rings (SSSR count). The van der Waals surface area contributed by atoms with Gasteiger partial charge in [-0.05, 0) is 55.3 Å². The first kappa shape index (κ1) is 22.3. The third-order valence-corrected chi connectivity index (χ3v) is 6.93. The minimum atomic E-state index is -0.490. The highest BCUT2D eigenvalue weighted by molar-refractivity contribution is 7.10. The van der Waals surface area contributed by atoms with Crippen LogP contribution < -0.4 is 4.74 Å². The minimum Gasteiger partial charge on any atom is -0.491 e. The van der Waals surface area contributed by atoms with Crippen LogP contribution in [0.4, 0.5) is 0 Å². The minimum absolute atomic E-state index is 0.0807. The Labute approximate surface area is 188 Å². The topological polar surface area (TPSA) is 62.2 Å². The van der Waals surface area contributed by atoms with E-state index in [-0.39, 0.29) is 24.6 Å². The van der Waals surface area contributed by atoms with Crippen LogP contribution in [0, 0.1) is 0 Å². The van der Waals surface area contributed by atoms with Gasteiger partial charge in [-0.25, -0.2) is 0 Å². The van der Waals surface area contributed by atoms with Crippen LogP contribution in [-0.4, -0.2) is 72.4 Å². The van der Waals surface area contributed by atoms with E-state index in [9.17, 15) is 9.90 Å².